The minimum atomic E-state index is -0.00283. The van der Waals surface area contributed by atoms with E-state index >= 15 is 0 Å². The smallest absolute Gasteiger partial charge is 0.0606 e. The summed E-state index contributed by atoms with van der Waals surface area (Å²) in [6.07, 6.45) is 0.441. The highest BCUT2D eigenvalue weighted by Crippen LogP contribution is 2.29. The predicted octanol–water partition coefficient (Wildman–Crippen LogP) is 0.789. The lowest BCUT2D eigenvalue weighted by Crippen LogP contribution is -2.30. The number of nitrogens with zero attached hydrogens (tertiary/aromatic N) is 1. The van der Waals surface area contributed by atoms with Gasteiger partial charge in [-0.15, -0.1) is 0 Å². The number of para-hydroxylation sites is 2. The molecular weight excluding hydrogens is 332 g/mol. The molecular formula is C19H28N4O3. The molecule has 0 aliphatic heterocycles. The summed E-state index contributed by atoms with van der Waals surface area (Å²) < 4.78 is 0. The van der Waals surface area contributed by atoms with Crippen molar-refractivity contribution in [2.45, 2.75) is 13.0 Å². The molecule has 0 aliphatic carbocycles. The number of nitrogens with one attached hydrogen (secondary N) is 1. The molecule has 142 valence electrons. The zero-order chi connectivity index (χ0) is 18.9. The third-order valence-corrected chi connectivity index (χ3v) is 4.31. The number of benzene rings is 2. The second-order valence-corrected chi connectivity index (χ2v) is 5.98. The Balaban J connectivity index is 2.27. The summed E-state index contributed by atoms with van der Waals surface area (Å²) in [5.41, 5.74) is 16.9. The third-order valence-electron chi connectivity index (χ3n) is 4.31. The summed E-state index contributed by atoms with van der Waals surface area (Å²) in [6, 6.07) is 11.2. The van der Waals surface area contributed by atoms with E-state index < -0.39 is 0 Å². The van der Waals surface area contributed by atoms with Gasteiger partial charge in [-0.05, 0) is 41.8 Å². The summed E-state index contributed by atoms with van der Waals surface area (Å²) in [7, 11) is 0. The molecule has 0 saturated carbocycles. The highest BCUT2D eigenvalue weighted by molar-refractivity contribution is 5.71. The van der Waals surface area contributed by atoms with Crippen LogP contribution in [-0.4, -0.2) is 48.2 Å². The standard InChI is InChI=1S/C19H28N4O3/c20-16-5-6-17(21)15(14(16)7-10-24)13-22-18-3-1-2-4-19(18)23(8-11-25)9-12-26/h1-6,22,24-26H,7-13,20-21H2. The fourth-order valence-electron chi connectivity index (χ4n) is 3.02. The lowest BCUT2D eigenvalue weighted by molar-refractivity contribution is 0.281. The molecule has 0 aliphatic rings. The van der Waals surface area contributed by atoms with E-state index in [2.05, 4.69) is 5.32 Å². The van der Waals surface area contributed by atoms with E-state index in [9.17, 15) is 15.3 Å². The monoisotopic (exact) mass is 360 g/mol. The number of rotatable bonds is 10. The molecule has 2 aromatic rings. The van der Waals surface area contributed by atoms with E-state index in [0.717, 1.165) is 22.5 Å². The number of anilines is 4. The molecule has 26 heavy (non-hydrogen) atoms. The second kappa shape index (κ2) is 9.86. The van der Waals surface area contributed by atoms with Gasteiger partial charge >= 0.3 is 0 Å². The average Bonchev–Trinajstić information content (AvgIpc) is 2.64. The molecule has 8 N–H and O–H groups in total. The molecule has 0 fully saturated rings. The summed E-state index contributed by atoms with van der Waals surface area (Å²) >= 11 is 0. The van der Waals surface area contributed by atoms with Gasteiger partial charge in [0.15, 0.2) is 0 Å². The van der Waals surface area contributed by atoms with Crippen molar-refractivity contribution in [2.75, 3.05) is 54.6 Å². The van der Waals surface area contributed by atoms with Gasteiger partial charge in [-0.2, -0.15) is 0 Å². The van der Waals surface area contributed by atoms with E-state index in [1.807, 2.05) is 29.2 Å². The lowest BCUT2D eigenvalue weighted by Gasteiger charge is -2.26. The summed E-state index contributed by atoms with van der Waals surface area (Å²) in [6.45, 7) is 1.30. The maximum absolute atomic E-state index is 9.31. The minimum absolute atomic E-state index is 0.00197. The highest BCUT2D eigenvalue weighted by atomic mass is 16.3. The average molecular weight is 360 g/mol. The Kier molecular flexibility index (Phi) is 7.53. The Labute approximate surface area is 153 Å². The fraction of sp³-hybridized carbons (Fsp3) is 0.368. The minimum Gasteiger partial charge on any atom is -0.398 e. The molecule has 0 amide bonds. The Morgan fingerprint density at radius 3 is 2.04 bits per heavy atom. The van der Waals surface area contributed by atoms with Crippen LogP contribution in [-0.2, 0) is 13.0 Å². The van der Waals surface area contributed by atoms with Crippen LogP contribution in [0.4, 0.5) is 22.7 Å². The Morgan fingerprint density at radius 1 is 0.808 bits per heavy atom. The molecule has 7 nitrogen and oxygen atoms in total. The van der Waals surface area contributed by atoms with Crippen molar-refractivity contribution in [3.63, 3.8) is 0 Å². The first-order chi connectivity index (χ1) is 12.6. The van der Waals surface area contributed by atoms with E-state index in [4.69, 9.17) is 11.5 Å². The maximum atomic E-state index is 9.31. The maximum Gasteiger partial charge on any atom is 0.0606 e. The van der Waals surface area contributed by atoms with Crippen LogP contribution < -0.4 is 21.7 Å². The van der Waals surface area contributed by atoms with Crippen LogP contribution in [0.25, 0.3) is 0 Å². The number of hydrogen-bond acceptors (Lipinski definition) is 7. The van der Waals surface area contributed by atoms with E-state index in [-0.39, 0.29) is 19.8 Å². The summed E-state index contributed by atoms with van der Waals surface area (Å²) in [5.74, 6) is 0. The van der Waals surface area contributed by atoms with E-state index in [1.165, 1.54) is 0 Å². The highest BCUT2D eigenvalue weighted by Gasteiger charge is 2.13. The Bertz CT molecular complexity index is 703. The molecule has 0 aromatic heterocycles. The van der Waals surface area contributed by atoms with Gasteiger partial charge in [-0.25, -0.2) is 0 Å². The van der Waals surface area contributed by atoms with Gasteiger partial charge in [0.05, 0.1) is 24.6 Å². The number of aliphatic hydroxyl groups excluding tert-OH is 3. The number of hydrogen-bond donors (Lipinski definition) is 6. The first-order valence-corrected chi connectivity index (χ1v) is 8.68. The van der Waals surface area contributed by atoms with Crippen molar-refractivity contribution in [1.82, 2.24) is 0 Å². The summed E-state index contributed by atoms with van der Waals surface area (Å²) in [4.78, 5) is 1.92. The van der Waals surface area contributed by atoms with Crippen LogP contribution in [0.2, 0.25) is 0 Å². The van der Waals surface area contributed by atoms with Gasteiger partial charge in [0, 0.05) is 37.6 Å². The molecule has 0 atom stereocenters. The predicted molar refractivity (Wildman–Crippen MR) is 106 cm³/mol. The fourth-order valence-corrected chi connectivity index (χ4v) is 3.02. The van der Waals surface area contributed by atoms with Gasteiger partial charge in [0.25, 0.3) is 0 Å². The normalized spacial score (nSPS) is 10.7. The Hall–Kier alpha value is -2.48. The largest absolute Gasteiger partial charge is 0.398 e. The zero-order valence-corrected chi connectivity index (χ0v) is 14.9. The van der Waals surface area contributed by atoms with Crippen molar-refractivity contribution in [3.05, 3.63) is 47.5 Å². The van der Waals surface area contributed by atoms with Crippen LogP contribution in [0.3, 0.4) is 0 Å². The SMILES string of the molecule is Nc1ccc(N)c(CNc2ccccc2N(CCO)CCO)c1CCO. The molecule has 0 spiro atoms. The van der Waals surface area contributed by atoms with Crippen LogP contribution in [0.1, 0.15) is 11.1 Å². The molecule has 7 heteroatoms. The van der Waals surface area contributed by atoms with Gasteiger partial charge < -0.3 is 37.0 Å². The molecule has 2 aromatic carbocycles. The quantitative estimate of drug-likeness (QED) is 0.346. The zero-order valence-electron chi connectivity index (χ0n) is 14.9. The molecule has 0 saturated heterocycles. The number of aliphatic hydroxyl groups is 3. The molecule has 2 rings (SSSR count). The molecule has 0 unspecified atom stereocenters. The number of nitrogens with two attached hydrogens (primary N) is 2. The van der Waals surface area contributed by atoms with Gasteiger partial charge in [0.1, 0.15) is 0 Å². The van der Waals surface area contributed by atoms with Crippen molar-refractivity contribution < 1.29 is 15.3 Å². The first kappa shape index (κ1) is 19.8. The van der Waals surface area contributed by atoms with E-state index in [1.54, 1.807) is 12.1 Å². The van der Waals surface area contributed by atoms with Crippen molar-refractivity contribution in [1.29, 1.82) is 0 Å². The molecule has 0 bridgehead atoms. The van der Waals surface area contributed by atoms with Crippen LogP contribution in [0.15, 0.2) is 36.4 Å². The van der Waals surface area contributed by atoms with Gasteiger partial charge in [0.2, 0.25) is 0 Å². The summed E-state index contributed by atoms with van der Waals surface area (Å²) in [5, 5.41) is 31.3. The lowest BCUT2D eigenvalue weighted by atomic mass is 10.0. The van der Waals surface area contributed by atoms with Gasteiger partial charge in [-0.3, -0.25) is 0 Å². The van der Waals surface area contributed by atoms with Crippen molar-refractivity contribution in [2.24, 2.45) is 0 Å². The second-order valence-electron chi connectivity index (χ2n) is 5.98. The van der Waals surface area contributed by atoms with Crippen LogP contribution in [0.5, 0.6) is 0 Å². The molecule has 0 heterocycles. The number of nitrogen functional groups attached to an aromatic ring is 2. The van der Waals surface area contributed by atoms with Gasteiger partial charge in [-0.1, -0.05) is 12.1 Å². The molecule has 0 radical (unpaired) electrons. The topological polar surface area (TPSA) is 128 Å². The van der Waals surface area contributed by atoms with Crippen LogP contribution in [0, 0.1) is 0 Å². The Morgan fingerprint density at radius 2 is 1.42 bits per heavy atom. The van der Waals surface area contributed by atoms with Crippen molar-refractivity contribution >= 4 is 22.7 Å². The van der Waals surface area contributed by atoms with Crippen LogP contribution >= 0.6 is 0 Å². The first-order valence-electron chi connectivity index (χ1n) is 8.68. The van der Waals surface area contributed by atoms with E-state index in [0.29, 0.717) is 37.4 Å². The van der Waals surface area contributed by atoms with Crippen molar-refractivity contribution in [3.8, 4) is 0 Å². The third kappa shape index (κ3) is 4.78.